The van der Waals surface area contributed by atoms with Gasteiger partial charge in [0.05, 0.1) is 10.9 Å². The highest BCUT2D eigenvalue weighted by Crippen LogP contribution is 2.19. The van der Waals surface area contributed by atoms with Crippen molar-refractivity contribution in [2.45, 2.75) is 38.6 Å². The van der Waals surface area contributed by atoms with E-state index in [1.807, 2.05) is 38.1 Å². The highest BCUT2D eigenvalue weighted by molar-refractivity contribution is 7.14. The molecule has 1 aromatic heterocycles. The molecule has 0 radical (unpaired) electrons. The molecule has 0 aliphatic carbocycles. The van der Waals surface area contributed by atoms with Crippen LogP contribution < -0.4 is 5.32 Å². The summed E-state index contributed by atoms with van der Waals surface area (Å²) in [5.41, 5.74) is 0.772. The molecular weight excluding hydrogens is 391 g/mol. The minimum absolute atomic E-state index is 0.0372. The molecule has 0 saturated heterocycles. The predicted molar refractivity (Wildman–Crippen MR) is 113 cm³/mol. The summed E-state index contributed by atoms with van der Waals surface area (Å²) >= 11 is 1.42. The second-order valence-corrected chi connectivity index (χ2v) is 8.50. The maximum Gasteiger partial charge on any atom is 0.220 e. The second-order valence-electron chi connectivity index (χ2n) is 7.21. The van der Waals surface area contributed by atoms with E-state index >= 15 is 0 Å². The van der Waals surface area contributed by atoms with Crippen LogP contribution in [-0.2, 0) is 9.59 Å². The molecule has 0 aliphatic rings. The van der Waals surface area contributed by atoms with Crippen LogP contribution >= 0.6 is 11.3 Å². The second kappa shape index (κ2) is 11.0. The quantitative estimate of drug-likeness (QED) is 0.562. The van der Waals surface area contributed by atoms with Gasteiger partial charge in [0.2, 0.25) is 5.91 Å². The molecule has 1 aromatic carbocycles. The van der Waals surface area contributed by atoms with Crippen molar-refractivity contribution in [1.29, 1.82) is 0 Å². The number of Topliss-reactive ketones (excluding diaryl/α,β-unsaturated/α-hetero) is 2. The van der Waals surface area contributed by atoms with E-state index in [0.717, 1.165) is 10.4 Å². The van der Waals surface area contributed by atoms with Crippen molar-refractivity contribution in [3.05, 3.63) is 57.5 Å². The summed E-state index contributed by atoms with van der Waals surface area (Å²) in [6, 6.07) is 9.78. The monoisotopic (exact) mass is 418 g/mol. The van der Waals surface area contributed by atoms with Crippen LogP contribution in [0.4, 0.5) is 4.39 Å². The summed E-state index contributed by atoms with van der Waals surface area (Å²) in [4.78, 5) is 39.8. The predicted octanol–water partition coefficient (Wildman–Crippen LogP) is 3.93. The Morgan fingerprint density at radius 3 is 2.41 bits per heavy atom. The molecule has 1 amide bonds. The van der Waals surface area contributed by atoms with Crippen LogP contribution in [-0.4, -0.2) is 43.0 Å². The van der Waals surface area contributed by atoms with Gasteiger partial charge in [0.25, 0.3) is 0 Å². The van der Waals surface area contributed by atoms with Crippen molar-refractivity contribution >= 4 is 28.8 Å². The minimum Gasteiger partial charge on any atom is -0.354 e. The molecule has 0 aliphatic heterocycles. The molecule has 1 unspecified atom stereocenters. The van der Waals surface area contributed by atoms with E-state index in [4.69, 9.17) is 0 Å². The fourth-order valence-corrected chi connectivity index (χ4v) is 3.78. The number of rotatable bonds is 11. The van der Waals surface area contributed by atoms with Crippen molar-refractivity contribution in [1.82, 2.24) is 10.2 Å². The molecule has 1 atom stereocenters. The summed E-state index contributed by atoms with van der Waals surface area (Å²) in [5, 5.41) is 2.81. The molecule has 1 N–H and O–H groups in total. The van der Waals surface area contributed by atoms with E-state index in [2.05, 4.69) is 5.32 Å². The standard InChI is InChI=1S/C22H27FN2O3S/c1-15-7-11-21(29-15)20(27)10-8-18(26)9-12-22(28)24-14-19(25(2)3)16-5-4-6-17(23)13-16/h4-7,11,13,19H,8-10,12,14H2,1-3H3,(H,24,28). The van der Waals surface area contributed by atoms with Crippen LogP contribution in [0.5, 0.6) is 0 Å². The highest BCUT2D eigenvalue weighted by Gasteiger charge is 2.17. The largest absolute Gasteiger partial charge is 0.354 e. The van der Waals surface area contributed by atoms with Crippen molar-refractivity contribution in [3.63, 3.8) is 0 Å². The lowest BCUT2D eigenvalue weighted by Crippen LogP contribution is -2.34. The molecule has 156 valence electrons. The Bertz CT molecular complexity index is 863. The summed E-state index contributed by atoms with van der Waals surface area (Å²) in [6.07, 6.45) is 0.499. The molecule has 5 nitrogen and oxygen atoms in total. The van der Waals surface area contributed by atoms with Gasteiger partial charge in [-0.15, -0.1) is 11.3 Å². The number of likely N-dealkylation sites (N-methyl/N-ethyl adjacent to an activating group) is 1. The average Bonchev–Trinajstić information content (AvgIpc) is 3.11. The number of halogens is 1. The third kappa shape index (κ3) is 7.51. The minimum atomic E-state index is -0.321. The molecule has 0 bridgehead atoms. The van der Waals surface area contributed by atoms with Gasteiger partial charge in [-0.2, -0.15) is 0 Å². The topological polar surface area (TPSA) is 66.5 Å². The number of ketones is 2. The number of nitrogens with one attached hydrogen (secondary N) is 1. The Hall–Kier alpha value is -2.38. The third-order valence-electron chi connectivity index (χ3n) is 4.63. The molecule has 0 saturated carbocycles. The molecule has 0 spiro atoms. The summed E-state index contributed by atoms with van der Waals surface area (Å²) in [6.45, 7) is 2.25. The fraction of sp³-hybridized carbons (Fsp3) is 0.409. The maximum atomic E-state index is 13.5. The van der Waals surface area contributed by atoms with Crippen molar-refractivity contribution in [3.8, 4) is 0 Å². The zero-order valence-electron chi connectivity index (χ0n) is 17.0. The molecule has 0 fully saturated rings. The lowest BCUT2D eigenvalue weighted by atomic mass is 10.1. The van der Waals surface area contributed by atoms with E-state index in [-0.39, 0.29) is 55.0 Å². The SMILES string of the molecule is Cc1ccc(C(=O)CCC(=O)CCC(=O)NCC(c2cccc(F)c2)N(C)C)s1. The van der Waals surface area contributed by atoms with Crippen molar-refractivity contribution in [2.75, 3.05) is 20.6 Å². The smallest absolute Gasteiger partial charge is 0.220 e. The number of aryl methyl sites for hydroxylation is 1. The first-order chi connectivity index (χ1) is 13.8. The van der Waals surface area contributed by atoms with E-state index in [1.54, 1.807) is 12.1 Å². The normalized spacial score (nSPS) is 12.0. The number of thiophene rings is 1. The molecule has 29 heavy (non-hydrogen) atoms. The van der Waals surface area contributed by atoms with Crippen LogP contribution in [0, 0.1) is 12.7 Å². The first-order valence-electron chi connectivity index (χ1n) is 9.56. The van der Waals surface area contributed by atoms with Gasteiger partial charge in [-0.1, -0.05) is 12.1 Å². The Morgan fingerprint density at radius 1 is 1.07 bits per heavy atom. The van der Waals surface area contributed by atoms with Crippen LogP contribution in [0.1, 0.15) is 51.8 Å². The van der Waals surface area contributed by atoms with E-state index < -0.39 is 0 Å². The van der Waals surface area contributed by atoms with Crippen molar-refractivity contribution < 1.29 is 18.8 Å². The van der Waals surface area contributed by atoms with Crippen LogP contribution in [0.25, 0.3) is 0 Å². The molecule has 7 heteroatoms. The Balaban J connectivity index is 1.74. The number of hydrogen-bond acceptors (Lipinski definition) is 5. The third-order valence-corrected chi connectivity index (χ3v) is 5.67. The average molecular weight is 419 g/mol. The summed E-state index contributed by atoms with van der Waals surface area (Å²) in [7, 11) is 3.72. The van der Waals surface area contributed by atoms with Gasteiger partial charge in [-0.3, -0.25) is 14.4 Å². The summed E-state index contributed by atoms with van der Waals surface area (Å²) < 4.78 is 13.5. The Kier molecular flexibility index (Phi) is 8.67. The maximum absolute atomic E-state index is 13.5. The Labute approximate surface area is 174 Å². The number of benzene rings is 1. The number of nitrogens with zero attached hydrogens (tertiary/aromatic N) is 1. The van der Waals surface area contributed by atoms with E-state index in [0.29, 0.717) is 11.4 Å². The first-order valence-corrected chi connectivity index (χ1v) is 10.4. The van der Waals surface area contributed by atoms with Crippen molar-refractivity contribution in [2.24, 2.45) is 0 Å². The van der Waals surface area contributed by atoms with Gasteiger partial charge in [0.1, 0.15) is 11.6 Å². The van der Waals surface area contributed by atoms with Crippen LogP contribution in [0.3, 0.4) is 0 Å². The molecule has 1 heterocycles. The van der Waals surface area contributed by atoms with E-state index in [9.17, 15) is 18.8 Å². The lowest BCUT2D eigenvalue weighted by molar-refractivity contribution is -0.125. The van der Waals surface area contributed by atoms with Gasteiger partial charge in [-0.05, 0) is 50.8 Å². The number of amides is 1. The molecule has 2 aromatic rings. The van der Waals surface area contributed by atoms with Gasteiger partial charge >= 0.3 is 0 Å². The number of carbonyl (C=O) groups excluding carboxylic acids is 3. The van der Waals surface area contributed by atoms with Gasteiger partial charge in [0.15, 0.2) is 5.78 Å². The highest BCUT2D eigenvalue weighted by atomic mass is 32.1. The Morgan fingerprint density at radius 2 is 1.79 bits per heavy atom. The van der Waals surface area contributed by atoms with Crippen LogP contribution in [0.15, 0.2) is 36.4 Å². The zero-order valence-corrected chi connectivity index (χ0v) is 17.9. The molecule has 2 rings (SSSR count). The van der Waals surface area contributed by atoms with Gasteiger partial charge in [-0.25, -0.2) is 4.39 Å². The van der Waals surface area contributed by atoms with Crippen LogP contribution in [0.2, 0.25) is 0 Å². The van der Waals surface area contributed by atoms with E-state index in [1.165, 1.54) is 23.5 Å². The zero-order chi connectivity index (χ0) is 21.4. The van der Waals surface area contributed by atoms with Gasteiger partial charge in [0, 0.05) is 37.1 Å². The number of carbonyl (C=O) groups is 3. The summed E-state index contributed by atoms with van der Waals surface area (Å²) in [5.74, 6) is -0.693. The number of hydrogen-bond donors (Lipinski definition) is 1. The first kappa shape index (κ1) is 22.9. The molecular formula is C22H27FN2O3S. The lowest BCUT2D eigenvalue weighted by Gasteiger charge is -2.25. The fourth-order valence-electron chi connectivity index (χ4n) is 2.95. The van der Waals surface area contributed by atoms with Gasteiger partial charge < -0.3 is 10.2 Å².